The first kappa shape index (κ1) is 13.8. The van der Waals surface area contributed by atoms with E-state index in [1.54, 1.807) is 0 Å². The third-order valence-electron chi connectivity index (χ3n) is 3.94. The summed E-state index contributed by atoms with van der Waals surface area (Å²) in [6, 6.07) is 0. The number of rotatable bonds is 5. The average molecular weight is 254 g/mol. The molecule has 0 N–H and O–H groups in total. The van der Waals surface area contributed by atoms with E-state index in [9.17, 15) is 4.79 Å². The molecule has 2 fully saturated rings. The van der Waals surface area contributed by atoms with Crippen LogP contribution in [0.2, 0.25) is 0 Å². The van der Waals surface area contributed by atoms with Crippen LogP contribution in [0.5, 0.6) is 0 Å². The molecule has 4 heteroatoms. The van der Waals surface area contributed by atoms with Crippen LogP contribution in [0.4, 0.5) is 0 Å². The van der Waals surface area contributed by atoms with Gasteiger partial charge in [-0.3, -0.25) is 9.69 Å². The fraction of sp³-hybridized carbons (Fsp3) is 0.929. The van der Waals surface area contributed by atoms with E-state index in [4.69, 9.17) is 4.74 Å². The zero-order chi connectivity index (χ0) is 12.6. The molecule has 0 spiro atoms. The van der Waals surface area contributed by atoms with Gasteiger partial charge in [-0.05, 0) is 38.8 Å². The second kappa shape index (κ2) is 7.74. The predicted octanol–water partition coefficient (Wildman–Crippen LogP) is 1.85. The molecule has 0 saturated carbocycles. The lowest BCUT2D eigenvalue weighted by Crippen LogP contribution is -2.34. The Morgan fingerprint density at radius 2 is 1.39 bits per heavy atom. The minimum atomic E-state index is -0.0360. The number of hydrogen-bond donors (Lipinski definition) is 0. The number of ether oxygens (including phenoxy) is 1. The standard InChI is InChI=1S/C14H26N2O2/c17-14(7-12-15-8-3-1-4-9-15)18-13-16-10-5-2-6-11-16/h1-13H2. The van der Waals surface area contributed by atoms with E-state index in [0.717, 1.165) is 32.7 Å². The summed E-state index contributed by atoms with van der Waals surface area (Å²) in [4.78, 5) is 16.3. The molecule has 0 aromatic carbocycles. The Morgan fingerprint density at radius 1 is 0.833 bits per heavy atom. The van der Waals surface area contributed by atoms with Crippen LogP contribution in [0, 0.1) is 0 Å². The number of carbonyl (C=O) groups is 1. The van der Waals surface area contributed by atoms with Gasteiger partial charge in [-0.2, -0.15) is 0 Å². The van der Waals surface area contributed by atoms with Crippen molar-refractivity contribution in [1.29, 1.82) is 0 Å². The first-order valence-electron chi connectivity index (χ1n) is 7.45. The predicted molar refractivity (Wildman–Crippen MR) is 71.3 cm³/mol. The Morgan fingerprint density at radius 3 is 2.00 bits per heavy atom. The van der Waals surface area contributed by atoms with E-state index in [-0.39, 0.29) is 5.97 Å². The van der Waals surface area contributed by atoms with Crippen LogP contribution in [0.1, 0.15) is 44.9 Å². The molecule has 0 unspecified atom stereocenters. The normalized spacial score (nSPS) is 22.9. The van der Waals surface area contributed by atoms with Gasteiger partial charge in [0.05, 0.1) is 6.42 Å². The SMILES string of the molecule is O=C(CCN1CCCCC1)OCN1CCCCC1. The summed E-state index contributed by atoms with van der Waals surface area (Å²) in [5, 5.41) is 0. The van der Waals surface area contributed by atoms with Gasteiger partial charge >= 0.3 is 5.97 Å². The van der Waals surface area contributed by atoms with Crippen molar-refractivity contribution in [3.63, 3.8) is 0 Å². The molecular formula is C14H26N2O2. The molecule has 2 aliphatic rings. The molecular weight excluding hydrogens is 228 g/mol. The van der Waals surface area contributed by atoms with Crippen molar-refractivity contribution >= 4 is 5.97 Å². The maximum atomic E-state index is 11.7. The molecule has 0 aromatic rings. The molecule has 0 aromatic heterocycles. The number of carbonyl (C=O) groups excluding carboxylic acids is 1. The molecule has 2 saturated heterocycles. The van der Waals surface area contributed by atoms with E-state index in [1.165, 1.54) is 38.5 Å². The fourth-order valence-electron chi connectivity index (χ4n) is 2.76. The van der Waals surface area contributed by atoms with Crippen LogP contribution in [-0.4, -0.2) is 55.2 Å². The molecule has 2 aliphatic heterocycles. The molecule has 0 radical (unpaired) electrons. The van der Waals surface area contributed by atoms with Gasteiger partial charge in [0.1, 0.15) is 6.73 Å². The van der Waals surface area contributed by atoms with Crippen LogP contribution in [0.15, 0.2) is 0 Å². The minimum absolute atomic E-state index is 0.0360. The molecule has 0 bridgehead atoms. The summed E-state index contributed by atoms with van der Waals surface area (Å²) in [7, 11) is 0. The van der Waals surface area contributed by atoms with Gasteiger partial charge in [-0.1, -0.05) is 12.8 Å². The fourth-order valence-corrected chi connectivity index (χ4v) is 2.76. The van der Waals surface area contributed by atoms with E-state index in [1.807, 2.05) is 0 Å². The lowest BCUT2D eigenvalue weighted by atomic mass is 10.1. The van der Waals surface area contributed by atoms with Crippen molar-refractivity contribution in [3.05, 3.63) is 0 Å². The van der Waals surface area contributed by atoms with Gasteiger partial charge in [0.25, 0.3) is 0 Å². The van der Waals surface area contributed by atoms with Crippen LogP contribution in [-0.2, 0) is 9.53 Å². The van der Waals surface area contributed by atoms with Gasteiger partial charge in [0, 0.05) is 19.6 Å². The number of hydrogen-bond acceptors (Lipinski definition) is 4. The maximum Gasteiger partial charge on any atom is 0.308 e. The third-order valence-corrected chi connectivity index (χ3v) is 3.94. The first-order valence-corrected chi connectivity index (χ1v) is 7.45. The highest BCUT2D eigenvalue weighted by atomic mass is 16.5. The molecule has 2 heterocycles. The Hall–Kier alpha value is -0.610. The molecule has 0 amide bonds. The highest BCUT2D eigenvalue weighted by Gasteiger charge is 2.14. The highest BCUT2D eigenvalue weighted by Crippen LogP contribution is 2.10. The van der Waals surface area contributed by atoms with Crippen molar-refractivity contribution in [1.82, 2.24) is 9.80 Å². The molecule has 18 heavy (non-hydrogen) atoms. The van der Waals surface area contributed by atoms with Gasteiger partial charge in [-0.25, -0.2) is 0 Å². The van der Waals surface area contributed by atoms with E-state index >= 15 is 0 Å². The van der Waals surface area contributed by atoms with Gasteiger partial charge in [-0.15, -0.1) is 0 Å². The maximum absolute atomic E-state index is 11.7. The van der Waals surface area contributed by atoms with Crippen LogP contribution in [0.25, 0.3) is 0 Å². The zero-order valence-electron chi connectivity index (χ0n) is 11.4. The van der Waals surface area contributed by atoms with Crippen LogP contribution < -0.4 is 0 Å². The summed E-state index contributed by atoms with van der Waals surface area (Å²) < 4.78 is 5.33. The summed E-state index contributed by atoms with van der Waals surface area (Å²) in [5.74, 6) is -0.0360. The van der Waals surface area contributed by atoms with Crippen molar-refractivity contribution < 1.29 is 9.53 Å². The highest BCUT2D eigenvalue weighted by molar-refractivity contribution is 5.69. The summed E-state index contributed by atoms with van der Waals surface area (Å²) in [6.07, 6.45) is 8.26. The Balaban J connectivity index is 1.54. The number of piperidine rings is 2. The van der Waals surface area contributed by atoms with E-state index < -0.39 is 0 Å². The zero-order valence-corrected chi connectivity index (χ0v) is 11.4. The molecule has 0 atom stereocenters. The molecule has 0 aliphatic carbocycles. The summed E-state index contributed by atoms with van der Waals surface area (Å²) in [6.45, 7) is 5.84. The van der Waals surface area contributed by atoms with Gasteiger partial charge in [0.2, 0.25) is 0 Å². The second-order valence-corrected chi connectivity index (χ2v) is 5.48. The lowest BCUT2D eigenvalue weighted by Gasteiger charge is -2.27. The molecule has 4 nitrogen and oxygen atoms in total. The summed E-state index contributed by atoms with van der Waals surface area (Å²) in [5.41, 5.74) is 0. The van der Waals surface area contributed by atoms with Crippen LogP contribution >= 0.6 is 0 Å². The van der Waals surface area contributed by atoms with Crippen LogP contribution in [0.3, 0.4) is 0 Å². The van der Waals surface area contributed by atoms with Crippen molar-refractivity contribution in [2.45, 2.75) is 44.9 Å². The lowest BCUT2D eigenvalue weighted by molar-refractivity contribution is -0.149. The second-order valence-electron chi connectivity index (χ2n) is 5.48. The molecule has 104 valence electrons. The smallest absolute Gasteiger partial charge is 0.308 e. The van der Waals surface area contributed by atoms with E-state index in [2.05, 4.69) is 9.80 Å². The summed E-state index contributed by atoms with van der Waals surface area (Å²) >= 11 is 0. The Labute approximate surface area is 110 Å². The minimum Gasteiger partial charge on any atom is -0.449 e. The van der Waals surface area contributed by atoms with Crippen molar-refractivity contribution in [2.75, 3.05) is 39.5 Å². The van der Waals surface area contributed by atoms with E-state index in [0.29, 0.717) is 13.2 Å². The average Bonchev–Trinajstić information content (AvgIpc) is 2.45. The topological polar surface area (TPSA) is 32.8 Å². The van der Waals surface area contributed by atoms with Crippen molar-refractivity contribution in [3.8, 4) is 0 Å². The Kier molecular flexibility index (Phi) is 5.94. The Bertz CT molecular complexity index is 222. The monoisotopic (exact) mass is 254 g/mol. The number of esters is 1. The molecule has 2 rings (SSSR count). The van der Waals surface area contributed by atoms with Crippen molar-refractivity contribution in [2.24, 2.45) is 0 Å². The largest absolute Gasteiger partial charge is 0.449 e. The van der Waals surface area contributed by atoms with Gasteiger partial charge in [0.15, 0.2) is 0 Å². The number of likely N-dealkylation sites (tertiary alicyclic amines) is 2. The quantitative estimate of drug-likeness (QED) is 0.701. The number of nitrogens with zero attached hydrogens (tertiary/aromatic N) is 2. The third kappa shape index (κ3) is 4.94. The van der Waals surface area contributed by atoms with Gasteiger partial charge < -0.3 is 9.64 Å². The first-order chi connectivity index (χ1) is 8.84.